The zero-order valence-corrected chi connectivity index (χ0v) is 11.7. The predicted molar refractivity (Wildman–Crippen MR) is 76.9 cm³/mol. The molecule has 0 bridgehead atoms. The van der Waals surface area contributed by atoms with Crippen LogP contribution in [0.3, 0.4) is 0 Å². The van der Waals surface area contributed by atoms with Crippen molar-refractivity contribution in [2.45, 2.75) is 0 Å². The molecule has 4 nitrogen and oxygen atoms in total. The van der Waals surface area contributed by atoms with Gasteiger partial charge in [0.2, 0.25) is 0 Å². The normalized spacial score (nSPS) is 10.3. The van der Waals surface area contributed by atoms with Crippen molar-refractivity contribution >= 4 is 28.4 Å². The number of nitrogens with zero attached hydrogens (tertiary/aromatic N) is 3. The maximum atomic E-state index is 11.8. The van der Waals surface area contributed by atoms with Crippen molar-refractivity contribution < 1.29 is 0 Å². The largest absolute Gasteiger partial charge is 0.361 e. The summed E-state index contributed by atoms with van der Waals surface area (Å²) in [5, 5.41) is 4.30. The van der Waals surface area contributed by atoms with E-state index >= 15 is 0 Å². The van der Waals surface area contributed by atoms with Crippen LogP contribution in [0.25, 0.3) is 5.69 Å². The molecule has 0 unspecified atom stereocenters. The van der Waals surface area contributed by atoms with Crippen molar-refractivity contribution in [3.05, 3.63) is 50.3 Å². The minimum Gasteiger partial charge on any atom is -0.361 e. The molecule has 0 radical (unpaired) electrons. The van der Waals surface area contributed by atoms with Crippen molar-refractivity contribution in [2.24, 2.45) is 0 Å². The van der Waals surface area contributed by atoms with Crippen LogP contribution in [-0.4, -0.2) is 23.9 Å². The van der Waals surface area contributed by atoms with Crippen molar-refractivity contribution in [1.29, 1.82) is 0 Å². The molecule has 1 aromatic carbocycles. The highest BCUT2D eigenvalue weighted by atomic mass is 127. The van der Waals surface area contributed by atoms with Crippen molar-refractivity contribution in [3.63, 3.8) is 0 Å². The van der Waals surface area contributed by atoms with Gasteiger partial charge in [0.1, 0.15) is 5.82 Å². The van der Waals surface area contributed by atoms with Gasteiger partial charge in [0.05, 0.1) is 5.69 Å². The summed E-state index contributed by atoms with van der Waals surface area (Å²) in [7, 11) is 3.79. The minimum absolute atomic E-state index is 0.128. The minimum atomic E-state index is -0.128. The van der Waals surface area contributed by atoms with E-state index in [0.717, 1.165) is 15.1 Å². The molecule has 88 valence electrons. The lowest BCUT2D eigenvalue weighted by Crippen LogP contribution is -2.23. The molecule has 0 aliphatic heterocycles. The molecule has 0 N–H and O–H groups in total. The molecule has 5 heteroatoms. The van der Waals surface area contributed by atoms with E-state index in [1.54, 1.807) is 6.07 Å². The highest BCUT2D eigenvalue weighted by Crippen LogP contribution is 2.10. The molecule has 0 saturated heterocycles. The first-order valence-corrected chi connectivity index (χ1v) is 6.19. The van der Waals surface area contributed by atoms with E-state index in [0.29, 0.717) is 0 Å². The van der Waals surface area contributed by atoms with Gasteiger partial charge in [-0.25, -0.2) is 0 Å². The summed E-state index contributed by atoms with van der Waals surface area (Å²) in [5.41, 5.74) is 0.649. The van der Waals surface area contributed by atoms with E-state index in [1.807, 2.05) is 43.3 Å². The highest BCUT2D eigenvalue weighted by Gasteiger charge is 2.04. The van der Waals surface area contributed by atoms with Crippen LogP contribution >= 0.6 is 22.6 Å². The Bertz CT molecular complexity index is 575. The van der Waals surface area contributed by atoms with Gasteiger partial charge in [-0.05, 0) is 52.9 Å². The average Bonchev–Trinajstić information content (AvgIpc) is 2.31. The SMILES string of the molecule is CN(C)c1ccc(=O)n(-c2ccc(I)cc2)n1. The molecular weight excluding hydrogens is 329 g/mol. The summed E-state index contributed by atoms with van der Waals surface area (Å²) < 4.78 is 2.54. The van der Waals surface area contributed by atoms with Crippen LogP contribution in [0.1, 0.15) is 0 Å². The molecule has 0 saturated carbocycles. The lowest BCUT2D eigenvalue weighted by molar-refractivity contribution is 0.794. The number of halogens is 1. The second-order valence-corrected chi connectivity index (χ2v) is 5.06. The maximum Gasteiger partial charge on any atom is 0.271 e. The molecule has 2 rings (SSSR count). The van der Waals surface area contributed by atoms with Crippen LogP contribution in [0, 0.1) is 3.57 Å². The van der Waals surface area contributed by atoms with Gasteiger partial charge in [-0.15, -0.1) is 5.10 Å². The molecule has 1 aromatic heterocycles. The van der Waals surface area contributed by atoms with Gasteiger partial charge in [0.15, 0.2) is 0 Å². The standard InChI is InChI=1S/C12H12IN3O/c1-15(2)11-7-8-12(17)16(14-11)10-5-3-9(13)4-6-10/h3-8H,1-2H3. The number of anilines is 1. The fraction of sp³-hybridized carbons (Fsp3) is 0.167. The number of benzene rings is 1. The Kier molecular flexibility index (Phi) is 3.46. The van der Waals surface area contributed by atoms with E-state index < -0.39 is 0 Å². The smallest absolute Gasteiger partial charge is 0.271 e. The average molecular weight is 341 g/mol. The van der Waals surface area contributed by atoms with Crippen molar-refractivity contribution in [3.8, 4) is 5.69 Å². The highest BCUT2D eigenvalue weighted by molar-refractivity contribution is 14.1. The Labute approximate surface area is 113 Å². The number of hydrogen-bond donors (Lipinski definition) is 0. The maximum absolute atomic E-state index is 11.8. The van der Waals surface area contributed by atoms with Crippen molar-refractivity contribution in [1.82, 2.24) is 9.78 Å². The Morgan fingerprint density at radius 3 is 2.35 bits per heavy atom. The summed E-state index contributed by atoms with van der Waals surface area (Å²) in [5.74, 6) is 0.753. The summed E-state index contributed by atoms with van der Waals surface area (Å²) in [6.07, 6.45) is 0. The Morgan fingerprint density at radius 2 is 1.76 bits per heavy atom. The summed E-state index contributed by atoms with van der Waals surface area (Å²) in [6.45, 7) is 0. The first-order chi connectivity index (χ1) is 8.08. The van der Waals surface area contributed by atoms with Crippen LogP contribution in [0.4, 0.5) is 5.82 Å². The monoisotopic (exact) mass is 341 g/mol. The van der Waals surface area contributed by atoms with Crippen LogP contribution in [0.2, 0.25) is 0 Å². The molecule has 0 spiro atoms. The van der Waals surface area contributed by atoms with E-state index in [4.69, 9.17) is 0 Å². The third-order valence-corrected chi connectivity index (χ3v) is 3.03. The molecule has 2 aromatic rings. The second kappa shape index (κ2) is 4.87. The first-order valence-electron chi connectivity index (χ1n) is 5.11. The first kappa shape index (κ1) is 12.1. The number of rotatable bonds is 2. The predicted octanol–water partition coefficient (Wildman–Crippen LogP) is 1.90. The fourth-order valence-electron chi connectivity index (χ4n) is 1.41. The quantitative estimate of drug-likeness (QED) is 0.784. The van der Waals surface area contributed by atoms with E-state index in [1.165, 1.54) is 10.7 Å². The van der Waals surface area contributed by atoms with Gasteiger partial charge >= 0.3 is 0 Å². The zero-order chi connectivity index (χ0) is 12.4. The molecule has 0 aliphatic rings. The van der Waals surface area contributed by atoms with Crippen molar-refractivity contribution in [2.75, 3.05) is 19.0 Å². The third kappa shape index (κ3) is 2.66. The van der Waals surface area contributed by atoms with Gasteiger partial charge in [-0.3, -0.25) is 4.79 Å². The number of aromatic nitrogens is 2. The van der Waals surface area contributed by atoms with Gasteiger partial charge < -0.3 is 4.90 Å². The van der Waals surface area contributed by atoms with Gasteiger partial charge in [0, 0.05) is 23.7 Å². The fourth-order valence-corrected chi connectivity index (χ4v) is 1.77. The molecule has 0 amide bonds. The molecule has 17 heavy (non-hydrogen) atoms. The molecule has 0 aliphatic carbocycles. The molecule has 0 atom stereocenters. The molecule has 1 heterocycles. The summed E-state index contributed by atoms with van der Waals surface area (Å²) >= 11 is 2.23. The Morgan fingerprint density at radius 1 is 1.12 bits per heavy atom. The van der Waals surface area contributed by atoms with Gasteiger partial charge in [0.25, 0.3) is 5.56 Å². The lowest BCUT2D eigenvalue weighted by Gasteiger charge is -2.12. The van der Waals surface area contributed by atoms with Crippen LogP contribution in [0.15, 0.2) is 41.2 Å². The lowest BCUT2D eigenvalue weighted by atomic mass is 10.3. The topological polar surface area (TPSA) is 38.1 Å². The Balaban J connectivity index is 2.54. The second-order valence-electron chi connectivity index (χ2n) is 3.81. The number of hydrogen-bond acceptors (Lipinski definition) is 3. The molecule has 0 fully saturated rings. The van der Waals surface area contributed by atoms with Crippen LogP contribution in [0.5, 0.6) is 0 Å². The summed E-state index contributed by atoms with van der Waals surface area (Å²) in [6, 6.07) is 10.9. The van der Waals surface area contributed by atoms with Crippen LogP contribution in [-0.2, 0) is 0 Å². The summed E-state index contributed by atoms with van der Waals surface area (Å²) in [4.78, 5) is 13.6. The Hall–Kier alpha value is -1.37. The van der Waals surface area contributed by atoms with Gasteiger partial charge in [-0.2, -0.15) is 4.68 Å². The van der Waals surface area contributed by atoms with E-state index in [-0.39, 0.29) is 5.56 Å². The van der Waals surface area contributed by atoms with E-state index in [2.05, 4.69) is 27.7 Å². The molecular formula is C12H12IN3O. The van der Waals surface area contributed by atoms with Gasteiger partial charge in [-0.1, -0.05) is 0 Å². The van der Waals surface area contributed by atoms with Crippen LogP contribution < -0.4 is 10.5 Å². The zero-order valence-electron chi connectivity index (χ0n) is 9.59. The third-order valence-electron chi connectivity index (χ3n) is 2.32. The van der Waals surface area contributed by atoms with E-state index in [9.17, 15) is 4.79 Å².